The largest absolute Gasteiger partial charge is 0.394 e. The van der Waals surface area contributed by atoms with Crippen LogP contribution in [0.25, 0.3) is 0 Å². The number of ether oxygens (including phenoxy) is 2. The molecule has 39 heavy (non-hydrogen) atoms. The van der Waals surface area contributed by atoms with Gasteiger partial charge < -0.3 is 34.8 Å². The van der Waals surface area contributed by atoms with Crippen molar-refractivity contribution in [3.8, 4) is 0 Å². The predicted molar refractivity (Wildman–Crippen MR) is 155 cm³/mol. The first kappa shape index (κ1) is 36.0. The molecule has 0 aliphatic carbocycles. The highest BCUT2D eigenvalue weighted by atomic mass is 16.6. The van der Waals surface area contributed by atoms with E-state index in [9.17, 15) is 25.2 Å². The molecule has 0 radical (unpaired) electrons. The monoisotopic (exact) mass is 557 g/mol. The minimum Gasteiger partial charge on any atom is -0.394 e. The van der Waals surface area contributed by atoms with Gasteiger partial charge in [0, 0.05) is 26.2 Å². The lowest BCUT2D eigenvalue weighted by atomic mass is 9.97. The number of unbranched alkanes of at least 4 members (excludes halogenated alkanes) is 12. The van der Waals surface area contributed by atoms with Gasteiger partial charge in [-0.25, -0.2) is 0 Å². The molecule has 1 aliphatic heterocycles. The van der Waals surface area contributed by atoms with Crippen LogP contribution < -0.4 is 0 Å². The van der Waals surface area contributed by atoms with Crippen LogP contribution in [0, 0.1) is 0 Å². The molecule has 0 bridgehead atoms. The quantitative estimate of drug-likeness (QED) is 0.0988. The third-order valence-corrected chi connectivity index (χ3v) is 7.48. The van der Waals surface area contributed by atoms with Crippen molar-refractivity contribution in [1.29, 1.82) is 0 Å². The van der Waals surface area contributed by atoms with Gasteiger partial charge in [0.05, 0.1) is 6.61 Å². The molecule has 1 rings (SSSR count). The Morgan fingerprint density at radius 3 is 1.92 bits per heavy atom. The summed E-state index contributed by atoms with van der Waals surface area (Å²) < 4.78 is 11.3. The van der Waals surface area contributed by atoms with Gasteiger partial charge in [0.1, 0.15) is 24.4 Å². The van der Waals surface area contributed by atoms with E-state index in [1.165, 1.54) is 49.8 Å². The molecule has 1 heterocycles. The first-order chi connectivity index (χ1) is 19.0. The van der Waals surface area contributed by atoms with E-state index in [0.717, 1.165) is 51.4 Å². The van der Waals surface area contributed by atoms with Gasteiger partial charge in [0.25, 0.3) is 0 Å². The maximum Gasteiger partial charge on any atom is 0.224 e. The normalized spacial score (nSPS) is 23.5. The Bertz CT molecular complexity index is 616. The molecule has 230 valence electrons. The number of aliphatic hydroxyl groups excluding tert-OH is 4. The van der Waals surface area contributed by atoms with E-state index < -0.39 is 37.3 Å². The average Bonchev–Trinajstić information content (AvgIpc) is 2.94. The maximum atomic E-state index is 13.1. The first-order valence-electron chi connectivity index (χ1n) is 15.8. The lowest BCUT2D eigenvalue weighted by Crippen LogP contribution is -2.64. The standard InChI is InChI=1S/C31H59NO7/c1-3-5-7-8-9-10-11-12-13-14-15-16-17-18-19-21-27(34)32(22-20-24-38-23-6-4-2)31-30(37)29(36)28(35)26(25-33)39-31/h12-13,26,28-31,33,35-37H,3-11,14-25H2,1-2H3/t26-,28-,29+,30-,31?/m1/s1. The predicted octanol–water partition coefficient (Wildman–Crippen LogP) is 4.86. The summed E-state index contributed by atoms with van der Waals surface area (Å²) in [4.78, 5) is 14.6. The number of carbonyl (C=O) groups excluding carboxylic acids is 1. The molecule has 1 amide bonds. The van der Waals surface area contributed by atoms with Gasteiger partial charge in [-0.1, -0.05) is 83.8 Å². The number of carbonyl (C=O) groups is 1. The van der Waals surface area contributed by atoms with Gasteiger partial charge in [-0.3, -0.25) is 4.79 Å². The van der Waals surface area contributed by atoms with Crippen LogP contribution in [0.3, 0.4) is 0 Å². The van der Waals surface area contributed by atoms with Crippen LogP contribution in [0.15, 0.2) is 12.2 Å². The van der Waals surface area contributed by atoms with Crippen molar-refractivity contribution in [3.05, 3.63) is 12.2 Å². The number of rotatable bonds is 24. The molecule has 1 aliphatic rings. The van der Waals surface area contributed by atoms with Gasteiger partial charge in [-0.2, -0.15) is 0 Å². The van der Waals surface area contributed by atoms with Gasteiger partial charge in [-0.05, 0) is 44.9 Å². The second kappa shape index (κ2) is 23.7. The third-order valence-electron chi connectivity index (χ3n) is 7.48. The third kappa shape index (κ3) is 15.5. The molecule has 1 saturated heterocycles. The summed E-state index contributed by atoms with van der Waals surface area (Å²) in [6.45, 7) is 5.28. The van der Waals surface area contributed by atoms with Crippen LogP contribution in [0.2, 0.25) is 0 Å². The van der Waals surface area contributed by atoms with E-state index in [2.05, 4.69) is 26.0 Å². The number of hydrogen-bond donors (Lipinski definition) is 4. The molecule has 4 N–H and O–H groups in total. The SMILES string of the molecule is CCCCCCCCC=CCCCCCCCC(=O)N(CCCOCCCC)C1O[C@H](CO)[C@@H](O)[C@H](O)[C@H]1O. The Labute approximate surface area is 237 Å². The second-order valence-electron chi connectivity index (χ2n) is 11.0. The smallest absolute Gasteiger partial charge is 0.224 e. The lowest BCUT2D eigenvalue weighted by molar-refractivity contribution is -0.262. The average molecular weight is 558 g/mol. The zero-order chi connectivity index (χ0) is 28.7. The van der Waals surface area contributed by atoms with Gasteiger partial charge in [0.2, 0.25) is 5.91 Å². The van der Waals surface area contributed by atoms with Crippen molar-refractivity contribution in [1.82, 2.24) is 4.90 Å². The van der Waals surface area contributed by atoms with E-state index in [0.29, 0.717) is 32.6 Å². The molecule has 0 aromatic heterocycles. The molecule has 8 nitrogen and oxygen atoms in total. The van der Waals surface area contributed by atoms with Crippen molar-refractivity contribution in [2.24, 2.45) is 0 Å². The summed E-state index contributed by atoms with van der Waals surface area (Å²) in [5, 5.41) is 40.5. The second-order valence-corrected chi connectivity index (χ2v) is 11.0. The lowest BCUT2D eigenvalue weighted by Gasteiger charge is -2.44. The summed E-state index contributed by atoms with van der Waals surface area (Å²) in [6.07, 6.45) is 16.4. The van der Waals surface area contributed by atoms with E-state index in [1.807, 2.05) is 0 Å². The molecule has 1 unspecified atom stereocenters. The van der Waals surface area contributed by atoms with Crippen molar-refractivity contribution in [2.45, 2.75) is 154 Å². The van der Waals surface area contributed by atoms with Crippen LogP contribution in [0.1, 0.15) is 123 Å². The van der Waals surface area contributed by atoms with Crippen LogP contribution >= 0.6 is 0 Å². The summed E-state index contributed by atoms with van der Waals surface area (Å²) in [7, 11) is 0. The molecule has 0 saturated carbocycles. The fourth-order valence-corrected chi connectivity index (χ4v) is 4.91. The minimum atomic E-state index is -1.50. The number of nitrogens with zero attached hydrogens (tertiary/aromatic N) is 1. The summed E-state index contributed by atoms with van der Waals surface area (Å²) in [6, 6.07) is 0. The van der Waals surface area contributed by atoms with Crippen molar-refractivity contribution in [3.63, 3.8) is 0 Å². The van der Waals surface area contributed by atoms with Gasteiger partial charge in [0.15, 0.2) is 6.23 Å². The highest BCUT2D eigenvalue weighted by molar-refractivity contribution is 5.76. The number of aliphatic hydroxyl groups is 4. The van der Waals surface area contributed by atoms with Crippen LogP contribution in [0.5, 0.6) is 0 Å². The van der Waals surface area contributed by atoms with E-state index >= 15 is 0 Å². The fourth-order valence-electron chi connectivity index (χ4n) is 4.91. The zero-order valence-electron chi connectivity index (χ0n) is 24.9. The molecule has 1 fully saturated rings. The number of hydrogen-bond acceptors (Lipinski definition) is 7. The Kier molecular flexibility index (Phi) is 21.8. The summed E-state index contributed by atoms with van der Waals surface area (Å²) in [5.74, 6) is -0.162. The molecule has 0 aromatic rings. The molecule has 0 aromatic carbocycles. The van der Waals surface area contributed by atoms with Crippen LogP contribution in [-0.2, 0) is 14.3 Å². The number of allylic oxidation sites excluding steroid dienone is 2. The number of amides is 1. The molecular formula is C31H59NO7. The summed E-state index contributed by atoms with van der Waals surface area (Å²) >= 11 is 0. The molecule has 8 heteroatoms. The van der Waals surface area contributed by atoms with Gasteiger partial charge in [-0.15, -0.1) is 0 Å². The summed E-state index contributed by atoms with van der Waals surface area (Å²) in [5.41, 5.74) is 0. The van der Waals surface area contributed by atoms with E-state index in [-0.39, 0.29) is 5.91 Å². The maximum absolute atomic E-state index is 13.1. The molecule has 5 atom stereocenters. The first-order valence-corrected chi connectivity index (χ1v) is 15.8. The topological polar surface area (TPSA) is 120 Å². The fraction of sp³-hybridized carbons (Fsp3) is 0.903. The van der Waals surface area contributed by atoms with Crippen LogP contribution in [0.4, 0.5) is 0 Å². The van der Waals surface area contributed by atoms with Crippen molar-refractivity contribution < 1.29 is 34.7 Å². The molecular weight excluding hydrogens is 498 g/mol. The Morgan fingerprint density at radius 1 is 0.744 bits per heavy atom. The highest BCUT2D eigenvalue weighted by Crippen LogP contribution is 2.25. The molecule has 0 spiro atoms. The minimum absolute atomic E-state index is 0.162. The van der Waals surface area contributed by atoms with Crippen LogP contribution in [-0.4, -0.2) is 88.2 Å². The Hall–Kier alpha value is -1.03. The van der Waals surface area contributed by atoms with E-state index in [4.69, 9.17) is 9.47 Å². The Morgan fingerprint density at radius 2 is 1.31 bits per heavy atom. The van der Waals surface area contributed by atoms with Crippen molar-refractivity contribution >= 4 is 5.91 Å². The Balaban J connectivity index is 2.36. The van der Waals surface area contributed by atoms with Crippen molar-refractivity contribution in [2.75, 3.05) is 26.4 Å². The van der Waals surface area contributed by atoms with E-state index in [1.54, 1.807) is 0 Å². The van der Waals surface area contributed by atoms with Gasteiger partial charge >= 0.3 is 0 Å². The zero-order valence-corrected chi connectivity index (χ0v) is 24.9. The highest BCUT2D eigenvalue weighted by Gasteiger charge is 2.46.